The van der Waals surface area contributed by atoms with Gasteiger partial charge in [0.15, 0.2) is 0 Å². The van der Waals surface area contributed by atoms with Crippen molar-refractivity contribution in [3.05, 3.63) is 29.6 Å². The van der Waals surface area contributed by atoms with Gasteiger partial charge >= 0.3 is 0 Å². The van der Waals surface area contributed by atoms with Gasteiger partial charge in [-0.3, -0.25) is 4.98 Å². The predicted molar refractivity (Wildman–Crippen MR) is 72.7 cm³/mol. The van der Waals surface area contributed by atoms with Gasteiger partial charge in [-0.05, 0) is 32.0 Å². The number of pyridine rings is 1. The third-order valence-electron chi connectivity index (χ3n) is 2.66. The van der Waals surface area contributed by atoms with Crippen LogP contribution in [0.5, 0.6) is 0 Å². The van der Waals surface area contributed by atoms with Gasteiger partial charge < -0.3 is 5.32 Å². The molecule has 1 atom stereocenters. The molecule has 0 spiro atoms. The molecular weight excluding hydrogens is 250 g/mol. The predicted octanol–water partition coefficient (Wildman–Crippen LogP) is 0.807. The SMILES string of the molecule is CCNCC(C)S(=O)(=O)NCc1ccc(C)nc1. The van der Waals surface area contributed by atoms with E-state index in [1.807, 2.05) is 26.0 Å². The molecule has 0 bridgehead atoms. The normalized spacial score (nSPS) is 13.5. The lowest BCUT2D eigenvalue weighted by Gasteiger charge is -2.14. The summed E-state index contributed by atoms with van der Waals surface area (Å²) in [7, 11) is -3.28. The molecule has 0 saturated heterocycles. The highest BCUT2D eigenvalue weighted by Gasteiger charge is 2.19. The van der Waals surface area contributed by atoms with E-state index in [1.165, 1.54) is 0 Å². The Hall–Kier alpha value is -0.980. The minimum absolute atomic E-state index is 0.284. The number of sulfonamides is 1. The number of aryl methyl sites for hydroxylation is 1. The van der Waals surface area contributed by atoms with Crippen molar-refractivity contribution in [1.29, 1.82) is 0 Å². The van der Waals surface area contributed by atoms with Crippen LogP contribution in [0.15, 0.2) is 18.3 Å². The van der Waals surface area contributed by atoms with Crippen molar-refractivity contribution in [2.75, 3.05) is 13.1 Å². The maximum absolute atomic E-state index is 11.9. The third kappa shape index (κ3) is 4.72. The van der Waals surface area contributed by atoms with Gasteiger partial charge in [-0.25, -0.2) is 13.1 Å². The molecule has 18 heavy (non-hydrogen) atoms. The Morgan fingerprint density at radius 2 is 2.11 bits per heavy atom. The highest BCUT2D eigenvalue weighted by Crippen LogP contribution is 2.02. The smallest absolute Gasteiger partial charge is 0.215 e. The summed E-state index contributed by atoms with van der Waals surface area (Å²) in [6.07, 6.45) is 1.69. The van der Waals surface area contributed by atoms with Crippen LogP contribution in [0.2, 0.25) is 0 Å². The molecule has 1 aromatic rings. The Morgan fingerprint density at radius 3 is 2.67 bits per heavy atom. The molecule has 0 aliphatic heterocycles. The van der Waals surface area contributed by atoms with Crippen molar-refractivity contribution < 1.29 is 8.42 Å². The molecule has 5 nitrogen and oxygen atoms in total. The van der Waals surface area contributed by atoms with E-state index in [9.17, 15) is 8.42 Å². The number of hydrogen-bond acceptors (Lipinski definition) is 4. The summed E-state index contributed by atoms with van der Waals surface area (Å²) in [4.78, 5) is 4.13. The summed E-state index contributed by atoms with van der Waals surface area (Å²) in [5, 5.41) is 2.58. The molecule has 0 aliphatic carbocycles. The first-order valence-electron chi connectivity index (χ1n) is 6.06. The first-order valence-corrected chi connectivity index (χ1v) is 7.61. The average molecular weight is 271 g/mol. The van der Waals surface area contributed by atoms with Gasteiger partial charge in [0.2, 0.25) is 10.0 Å². The summed E-state index contributed by atoms with van der Waals surface area (Å²) in [6.45, 7) is 7.04. The van der Waals surface area contributed by atoms with E-state index in [4.69, 9.17) is 0 Å². The van der Waals surface area contributed by atoms with Crippen molar-refractivity contribution in [1.82, 2.24) is 15.0 Å². The second kappa shape index (κ2) is 6.82. The molecule has 0 fully saturated rings. The molecular formula is C12H21N3O2S. The Balaban J connectivity index is 2.53. The van der Waals surface area contributed by atoms with E-state index in [0.717, 1.165) is 17.8 Å². The maximum atomic E-state index is 11.9. The van der Waals surface area contributed by atoms with Crippen molar-refractivity contribution in [2.45, 2.75) is 32.6 Å². The van der Waals surface area contributed by atoms with Crippen LogP contribution in [0.4, 0.5) is 0 Å². The Labute approximate surface area is 109 Å². The molecule has 6 heteroatoms. The van der Waals surface area contributed by atoms with Crippen LogP contribution in [0.1, 0.15) is 25.1 Å². The van der Waals surface area contributed by atoms with Gasteiger partial charge in [-0.1, -0.05) is 13.0 Å². The second-order valence-corrected chi connectivity index (χ2v) is 6.48. The zero-order valence-corrected chi connectivity index (χ0v) is 11.9. The van der Waals surface area contributed by atoms with Crippen molar-refractivity contribution in [2.24, 2.45) is 0 Å². The monoisotopic (exact) mass is 271 g/mol. The molecule has 1 heterocycles. The second-order valence-electron chi connectivity index (χ2n) is 4.29. The standard InChI is InChI=1S/C12H21N3O2S/c1-4-13-7-11(3)18(16,17)15-9-12-6-5-10(2)14-8-12/h5-6,8,11,13,15H,4,7,9H2,1-3H3. The molecule has 1 aromatic heterocycles. The van der Waals surface area contributed by atoms with Crippen LogP contribution >= 0.6 is 0 Å². The van der Waals surface area contributed by atoms with E-state index in [0.29, 0.717) is 6.54 Å². The number of nitrogens with one attached hydrogen (secondary N) is 2. The van der Waals surface area contributed by atoms with Crippen molar-refractivity contribution in [3.63, 3.8) is 0 Å². The summed E-state index contributed by atoms with van der Waals surface area (Å²) >= 11 is 0. The minimum Gasteiger partial charge on any atom is -0.316 e. The van der Waals surface area contributed by atoms with Crippen LogP contribution in [0, 0.1) is 6.92 Å². The van der Waals surface area contributed by atoms with Crippen LogP contribution in [-0.2, 0) is 16.6 Å². The molecule has 0 radical (unpaired) electrons. The number of aromatic nitrogens is 1. The summed E-state index contributed by atoms with van der Waals surface area (Å²) in [6, 6.07) is 3.74. The van der Waals surface area contributed by atoms with E-state index >= 15 is 0 Å². The highest BCUT2D eigenvalue weighted by atomic mass is 32.2. The first kappa shape index (κ1) is 15.1. The summed E-state index contributed by atoms with van der Waals surface area (Å²) in [5.74, 6) is 0. The van der Waals surface area contributed by atoms with Crippen LogP contribution in [0.3, 0.4) is 0 Å². The Kier molecular flexibility index (Phi) is 5.71. The molecule has 2 N–H and O–H groups in total. The van der Waals surface area contributed by atoms with Gasteiger partial charge in [0.25, 0.3) is 0 Å². The van der Waals surface area contributed by atoms with Crippen LogP contribution < -0.4 is 10.0 Å². The van der Waals surface area contributed by atoms with Gasteiger partial charge in [-0.2, -0.15) is 0 Å². The molecule has 1 rings (SSSR count). The molecule has 0 aliphatic rings. The van der Waals surface area contributed by atoms with Gasteiger partial charge in [0.05, 0.1) is 5.25 Å². The van der Waals surface area contributed by atoms with Gasteiger partial charge in [-0.15, -0.1) is 0 Å². The third-order valence-corrected chi connectivity index (χ3v) is 4.43. The molecule has 0 saturated carbocycles. The zero-order chi connectivity index (χ0) is 13.6. The quantitative estimate of drug-likeness (QED) is 0.770. The van der Waals surface area contributed by atoms with E-state index in [1.54, 1.807) is 13.1 Å². The average Bonchev–Trinajstić information content (AvgIpc) is 2.35. The lowest BCUT2D eigenvalue weighted by molar-refractivity contribution is 0.559. The lowest BCUT2D eigenvalue weighted by Crippen LogP contribution is -2.38. The summed E-state index contributed by atoms with van der Waals surface area (Å²) < 4.78 is 26.4. The van der Waals surface area contributed by atoms with Crippen molar-refractivity contribution in [3.8, 4) is 0 Å². The lowest BCUT2D eigenvalue weighted by atomic mass is 10.2. The maximum Gasteiger partial charge on any atom is 0.215 e. The zero-order valence-electron chi connectivity index (χ0n) is 11.1. The van der Waals surface area contributed by atoms with Gasteiger partial charge in [0.1, 0.15) is 0 Å². The summed E-state index contributed by atoms with van der Waals surface area (Å²) in [5.41, 5.74) is 1.78. The molecule has 102 valence electrons. The Morgan fingerprint density at radius 1 is 1.39 bits per heavy atom. The topological polar surface area (TPSA) is 71.1 Å². The first-order chi connectivity index (χ1) is 8.45. The minimum atomic E-state index is -3.28. The fourth-order valence-corrected chi connectivity index (χ4v) is 2.38. The fourth-order valence-electron chi connectivity index (χ4n) is 1.39. The Bertz CT molecular complexity index is 457. The van der Waals surface area contributed by atoms with E-state index in [2.05, 4.69) is 15.0 Å². The highest BCUT2D eigenvalue weighted by molar-refractivity contribution is 7.90. The molecule has 0 amide bonds. The van der Waals surface area contributed by atoms with Crippen LogP contribution in [-0.4, -0.2) is 31.7 Å². The van der Waals surface area contributed by atoms with Crippen molar-refractivity contribution >= 4 is 10.0 Å². The van der Waals surface area contributed by atoms with E-state index in [-0.39, 0.29) is 6.54 Å². The van der Waals surface area contributed by atoms with E-state index < -0.39 is 15.3 Å². The van der Waals surface area contributed by atoms with Gasteiger partial charge in [0, 0.05) is 25.0 Å². The molecule has 0 aromatic carbocycles. The fraction of sp³-hybridized carbons (Fsp3) is 0.583. The number of nitrogens with zero attached hydrogens (tertiary/aromatic N) is 1. The molecule has 1 unspecified atom stereocenters. The number of rotatable bonds is 7. The largest absolute Gasteiger partial charge is 0.316 e. The van der Waals surface area contributed by atoms with Crippen LogP contribution in [0.25, 0.3) is 0 Å². The number of hydrogen-bond donors (Lipinski definition) is 2.